The highest BCUT2D eigenvalue weighted by atomic mass is 35.5. The molecule has 0 aliphatic rings. The normalized spacial score (nSPS) is 9.70. The molecule has 5 nitrogen and oxygen atoms in total. The van der Waals surface area contributed by atoms with E-state index >= 15 is 0 Å². The van der Waals surface area contributed by atoms with E-state index in [1.165, 1.54) is 29.8 Å². The summed E-state index contributed by atoms with van der Waals surface area (Å²) in [5.41, 5.74) is 1.08. The fraction of sp³-hybridized carbons (Fsp3) is 0.280. The van der Waals surface area contributed by atoms with Crippen molar-refractivity contribution in [2.45, 2.75) is 32.8 Å². The molecule has 0 bridgehead atoms. The smallest absolute Gasteiger partial charge is 0.258 e. The van der Waals surface area contributed by atoms with Crippen LogP contribution in [0.15, 0.2) is 30.1 Å². The van der Waals surface area contributed by atoms with Crippen LogP contribution in [0, 0.1) is 18.7 Å². The van der Waals surface area contributed by atoms with Gasteiger partial charge in [0.25, 0.3) is 5.56 Å². The van der Waals surface area contributed by atoms with E-state index in [0.717, 1.165) is 7.11 Å². The zero-order valence-electron chi connectivity index (χ0n) is 19.5. The van der Waals surface area contributed by atoms with Gasteiger partial charge in [-0.2, -0.15) is 0 Å². The van der Waals surface area contributed by atoms with E-state index in [9.17, 15) is 14.0 Å². The lowest BCUT2D eigenvalue weighted by atomic mass is 9.93. The summed E-state index contributed by atoms with van der Waals surface area (Å²) in [6.07, 6.45) is 11.5. The van der Waals surface area contributed by atoms with Gasteiger partial charge in [-0.1, -0.05) is 54.6 Å². The molecule has 2 aromatic rings. The maximum Gasteiger partial charge on any atom is 0.258 e. The highest BCUT2D eigenvalue weighted by molar-refractivity contribution is 6.36. The molecule has 0 saturated heterocycles. The zero-order chi connectivity index (χ0) is 26.5. The first kappa shape index (κ1) is 32.5. The van der Waals surface area contributed by atoms with Gasteiger partial charge in [0.05, 0.1) is 15.6 Å². The minimum atomic E-state index is -0.767. The molecule has 0 aliphatic heterocycles. The number of pyridine rings is 1. The molecule has 0 saturated carbocycles. The zero-order valence-corrected chi connectivity index (χ0v) is 21.0. The second kappa shape index (κ2) is 15.2. The molecule has 180 valence electrons. The third-order valence-corrected chi connectivity index (χ3v) is 4.44. The molecule has 0 amide bonds. The maximum absolute atomic E-state index is 14.1. The van der Waals surface area contributed by atoms with Gasteiger partial charge in [0.1, 0.15) is 6.29 Å². The van der Waals surface area contributed by atoms with E-state index in [1.807, 2.05) is 0 Å². The summed E-state index contributed by atoms with van der Waals surface area (Å²) in [7, 11) is 2.53. The minimum Gasteiger partial charge on any atom is -0.400 e. The van der Waals surface area contributed by atoms with Crippen molar-refractivity contribution in [1.29, 1.82) is 0 Å². The minimum absolute atomic E-state index is 0.0418. The third-order valence-electron chi connectivity index (χ3n) is 3.78. The molecule has 1 aromatic carbocycles. The fourth-order valence-electron chi connectivity index (χ4n) is 2.62. The Morgan fingerprint density at radius 3 is 1.97 bits per heavy atom. The molecule has 0 spiro atoms. The van der Waals surface area contributed by atoms with Gasteiger partial charge in [-0.15, -0.1) is 12.8 Å². The summed E-state index contributed by atoms with van der Waals surface area (Å²) in [5, 5.41) is 15.2. The summed E-state index contributed by atoms with van der Waals surface area (Å²) in [4.78, 5) is 23.6. The number of halogens is 3. The average molecular weight is 498 g/mol. The Balaban J connectivity index is 0. The molecule has 2 rings (SSSR count). The first-order valence-electron chi connectivity index (χ1n) is 9.47. The fourth-order valence-corrected chi connectivity index (χ4v) is 3.09. The number of benzene rings is 1. The van der Waals surface area contributed by atoms with E-state index in [-0.39, 0.29) is 22.0 Å². The van der Waals surface area contributed by atoms with E-state index in [4.69, 9.17) is 33.4 Å². The van der Waals surface area contributed by atoms with Crippen LogP contribution in [-0.4, -0.2) is 33.8 Å². The first-order valence-corrected chi connectivity index (χ1v) is 10.2. The summed E-state index contributed by atoms with van der Waals surface area (Å²) in [6, 6.07) is 2.91. The standard InChI is InChI=1S/C18H14Cl2FNO2.C4H10O.C2H2.CH4O/c1-4-10-11(5-2)18(24)22(3)14(8-9-23)15(10)12-6-7-13(19)17(21)16(12)20;1-4(2,3)5;2*1-2/h4-7,9H,1-2,8H2,3H3;5H,1-3H3;1-2H;2H,1H3. The van der Waals surface area contributed by atoms with Crippen molar-refractivity contribution in [3.8, 4) is 24.0 Å². The van der Waals surface area contributed by atoms with Crippen LogP contribution in [0.25, 0.3) is 23.3 Å². The van der Waals surface area contributed by atoms with Crippen LogP contribution in [0.1, 0.15) is 37.6 Å². The molecule has 0 aliphatic carbocycles. The Bertz CT molecular complexity index is 1050. The number of aliphatic hydroxyl groups is 2. The van der Waals surface area contributed by atoms with E-state index in [2.05, 4.69) is 26.0 Å². The molecule has 0 fully saturated rings. The quantitative estimate of drug-likeness (QED) is 0.339. The predicted molar refractivity (Wildman–Crippen MR) is 137 cm³/mol. The lowest BCUT2D eigenvalue weighted by Gasteiger charge is -2.19. The summed E-state index contributed by atoms with van der Waals surface area (Å²) in [6.45, 7) is 12.6. The number of aliphatic hydroxyl groups excluding tert-OH is 1. The van der Waals surface area contributed by atoms with Gasteiger partial charge in [0.2, 0.25) is 0 Å². The number of aldehydes is 1. The van der Waals surface area contributed by atoms with E-state index < -0.39 is 11.4 Å². The summed E-state index contributed by atoms with van der Waals surface area (Å²) < 4.78 is 15.5. The van der Waals surface area contributed by atoms with E-state index in [1.54, 1.807) is 26.8 Å². The lowest BCUT2D eigenvalue weighted by Crippen LogP contribution is -2.25. The Morgan fingerprint density at radius 2 is 1.58 bits per heavy atom. The average Bonchev–Trinajstić information content (AvgIpc) is 2.77. The Hall–Kier alpha value is -2.69. The highest BCUT2D eigenvalue weighted by Gasteiger charge is 2.22. The number of aromatic nitrogens is 1. The second-order valence-electron chi connectivity index (χ2n) is 7.19. The Kier molecular flexibility index (Phi) is 15.0. The van der Waals surface area contributed by atoms with Gasteiger partial charge in [0, 0.05) is 43.0 Å². The van der Waals surface area contributed by atoms with Crippen LogP contribution < -0.4 is 5.56 Å². The molecule has 0 radical (unpaired) electrons. The SMILES string of the molecule is C#C.C=Cc1c(-c2ccc(Cl)c(F)c2Cl)c(CC=O)n(C)c(=O)c1C=C.CC(C)(C)O.CO. The predicted octanol–water partition coefficient (Wildman–Crippen LogP) is 5.16. The van der Waals surface area contributed by atoms with Gasteiger partial charge in [-0.25, -0.2) is 4.39 Å². The third kappa shape index (κ3) is 8.99. The monoisotopic (exact) mass is 497 g/mol. The van der Waals surface area contributed by atoms with Crippen molar-refractivity contribution >= 4 is 41.6 Å². The van der Waals surface area contributed by atoms with Crippen LogP contribution >= 0.6 is 23.2 Å². The van der Waals surface area contributed by atoms with Crippen molar-refractivity contribution in [2.75, 3.05) is 7.11 Å². The van der Waals surface area contributed by atoms with Crippen LogP contribution in [0.5, 0.6) is 0 Å². The molecular weight excluding hydrogens is 468 g/mol. The lowest BCUT2D eigenvalue weighted by molar-refractivity contribution is -0.107. The Labute approximate surface area is 204 Å². The molecule has 1 heterocycles. The first-order chi connectivity index (χ1) is 15.4. The van der Waals surface area contributed by atoms with Gasteiger partial charge in [-0.3, -0.25) is 4.79 Å². The second-order valence-corrected chi connectivity index (χ2v) is 7.97. The van der Waals surface area contributed by atoms with Crippen molar-refractivity contribution < 1.29 is 19.4 Å². The number of nitrogens with zero attached hydrogens (tertiary/aromatic N) is 1. The molecule has 0 unspecified atom stereocenters. The van der Waals surface area contributed by atoms with Crippen LogP contribution in [0.3, 0.4) is 0 Å². The van der Waals surface area contributed by atoms with Gasteiger partial charge < -0.3 is 19.6 Å². The van der Waals surface area contributed by atoms with E-state index in [0.29, 0.717) is 34.2 Å². The molecule has 1 aromatic heterocycles. The van der Waals surface area contributed by atoms with Gasteiger partial charge in [-0.05, 0) is 32.4 Å². The topological polar surface area (TPSA) is 79.5 Å². The number of hydrogen-bond acceptors (Lipinski definition) is 4. The van der Waals surface area contributed by atoms with Crippen LogP contribution in [0.2, 0.25) is 10.0 Å². The Morgan fingerprint density at radius 1 is 1.12 bits per heavy atom. The highest BCUT2D eigenvalue weighted by Crippen LogP contribution is 2.38. The van der Waals surface area contributed by atoms with Crippen LogP contribution in [0.4, 0.5) is 4.39 Å². The van der Waals surface area contributed by atoms with Crippen molar-refractivity contribution in [3.63, 3.8) is 0 Å². The molecular formula is C25H30Cl2FNO4. The molecule has 0 atom stereocenters. The maximum atomic E-state index is 14.1. The van der Waals surface area contributed by atoms with Gasteiger partial charge in [0.15, 0.2) is 5.82 Å². The molecule has 33 heavy (non-hydrogen) atoms. The summed E-state index contributed by atoms with van der Waals surface area (Å²) >= 11 is 11.9. The van der Waals surface area contributed by atoms with Gasteiger partial charge >= 0.3 is 0 Å². The van der Waals surface area contributed by atoms with Crippen molar-refractivity contribution in [1.82, 2.24) is 4.57 Å². The van der Waals surface area contributed by atoms with Crippen LogP contribution in [-0.2, 0) is 18.3 Å². The number of carbonyl (C=O) groups is 1. The molecule has 2 N–H and O–H groups in total. The number of hydrogen-bond donors (Lipinski definition) is 2. The number of carbonyl (C=O) groups excluding carboxylic acids is 1. The summed E-state index contributed by atoms with van der Waals surface area (Å²) in [5.74, 6) is -0.767. The van der Waals surface area contributed by atoms with Crippen molar-refractivity contribution in [2.24, 2.45) is 7.05 Å². The largest absolute Gasteiger partial charge is 0.400 e. The van der Waals surface area contributed by atoms with Crippen molar-refractivity contribution in [3.05, 3.63) is 68.3 Å². The number of terminal acetylenes is 1. The molecule has 8 heteroatoms. The number of rotatable bonds is 5.